The standard InChI is InChI=1S/C14H16N4OS.ClH/c15-14-16-8-12(20-14)9-17-6-7-18(13(19)10-17)11-4-2-1-3-5-11;/h1-5,8H,6-7,9-10H2,(H2,15,16);1H. The van der Waals surface area contributed by atoms with Crippen LogP contribution in [0.5, 0.6) is 0 Å². The number of para-hydroxylation sites is 1. The minimum absolute atomic E-state index is 0. The van der Waals surface area contributed by atoms with Gasteiger partial charge in [0.05, 0.1) is 6.54 Å². The fourth-order valence-corrected chi connectivity index (χ4v) is 3.08. The Labute approximate surface area is 133 Å². The van der Waals surface area contributed by atoms with Crippen LogP contribution >= 0.6 is 23.7 Å². The second-order valence-corrected chi connectivity index (χ2v) is 5.90. The van der Waals surface area contributed by atoms with Crippen molar-refractivity contribution in [2.24, 2.45) is 0 Å². The Bertz CT molecular complexity index is 604. The van der Waals surface area contributed by atoms with Gasteiger partial charge in [-0.3, -0.25) is 9.69 Å². The molecule has 21 heavy (non-hydrogen) atoms. The zero-order valence-electron chi connectivity index (χ0n) is 11.4. The summed E-state index contributed by atoms with van der Waals surface area (Å²) in [5.41, 5.74) is 6.59. The molecule has 0 unspecified atom stereocenters. The van der Waals surface area contributed by atoms with E-state index in [0.29, 0.717) is 11.7 Å². The molecular formula is C14H17ClN4OS. The summed E-state index contributed by atoms with van der Waals surface area (Å²) in [7, 11) is 0. The van der Waals surface area contributed by atoms with E-state index in [-0.39, 0.29) is 18.3 Å². The molecule has 0 saturated carbocycles. The number of hydrogen-bond donors (Lipinski definition) is 1. The number of aromatic nitrogens is 1. The Kier molecular flexibility index (Phi) is 5.17. The van der Waals surface area contributed by atoms with E-state index in [2.05, 4.69) is 9.88 Å². The third kappa shape index (κ3) is 3.72. The Morgan fingerprint density at radius 1 is 1.24 bits per heavy atom. The number of carbonyl (C=O) groups is 1. The van der Waals surface area contributed by atoms with Crippen LogP contribution in [0.1, 0.15) is 4.88 Å². The third-order valence-corrected chi connectivity index (χ3v) is 4.13. The van der Waals surface area contributed by atoms with E-state index >= 15 is 0 Å². The molecule has 2 aromatic rings. The lowest BCUT2D eigenvalue weighted by molar-refractivity contribution is -0.121. The van der Waals surface area contributed by atoms with Crippen LogP contribution in [0.25, 0.3) is 0 Å². The van der Waals surface area contributed by atoms with E-state index in [9.17, 15) is 4.79 Å². The Morgan fingerprint density at radius 2 is 2.00 bits per heavy atom. The monoisotopic (exact) mass is 324 g/mol. The maximum atomic E-state index is 12.2. The van der Waals surface area contributed by atoms with Crippen molar-refractivity contribution in [2.75, 3.05) is 30.3 Å². The molecule has 7 heteroatoms. The van der Waals surface area contributed by atoms with Gasteiger partial charge < -0.3 is 10.6 Å². The largest absolute Gasteiger partial charge is 0.375 e. The molecule has 0 radical (unpaired) electrons. The fourth-order valence-electron chi connectivity index (χ4n) is 2.35. The number of benzene rings is 1. The summed E-state index contributed by atoms with van der Waals surface area (Å²) >= 11 is 1.48. The van der Waals surface area contributed by atoms with Crippen LogP contribution in [-0.2, 0) is 11.3 Å². The molecule has 1 fully saturated rings. The predicted molar refractivity (Wildman–Crippen MR) is 87.8 cm³/mol. The topological polar surface area (TPSA) is 62.5 Å². The number of rotatable bonds is 3. The van der Waals surface area contributed by atoms with Crippen LogP contribution in [0, 0.1) is 0 Å². The van der Waals surface area contributed by atoms with Crippen molar-refractivity contribution in [1.29, 1.82) is 0 Å². The molecule has 1 aliphatic rings. The SMILES string of the molecule is Cl.Nc1ncc(CN2CCN(c3ccccc3)C(=O)C2)s1. The van der Waals surface area contributed by atoms with E-state index in [0.717, 1.165) is 30.2 Å². The highest BCUT2D eigenvalue weighted by Gasteiger charge is 2.25. The highest BCUT2D eigenvalue weighted by molar-refractivity contribution is 7.15. The van der Waals surface area contributed by atoms with Gasteiger partial charge in [0.1, 0.15) is 0 Å². The van der Waals surface area contributed by atoms with E-state index in [1.165, 1.54) is 11.3 Å². The molecule has 1 saturated heterocycles. The zero-order valence-corrected chi connectivity index (χ0v) is 13.1. The van der Waals surface area contributed by atoms with E-state index in [4.69, 9.17) is 5.73 Å². The average molecular weight is 325 g/mol. The van der Waals surface area contributed by atoms with Gasteiger partial charge >= 0.3 is 0 Å². The Balaban J connectivity index is 0.00000161. The second kappa shape index (κ2) is 6.89. The lowest BCUT2D eigenvalue weighted by atomic mass is 10.2. The summed E-state index contributed by atoms with van der Waals surface area (Å²) in [4.78, 5) is 21.4. The third-order valence-electron chi connectivity index (χ3n) is 3.32. The summed E-state index contributed by atoms with van der Waals surface area (Å²) in [6, 6.07) is 9.80. The smallest absolute Gasteiger partial charge is 0.241 e. The molecule has 0 aliphatic carbocycles. The zero-order chi connectivity index (χ0) is 13.9. The molecule has 0 spiro atoms. The van der Waals surface area contributed by atoms with Gasteiger partial charge in [-0.15, -0.1) is 23.7 Å². The summed E-state index contributed by atoms with van der Waals surface area (Å²) in [5.74, 6) is 0.139. The molecule has 1 aliphatic heterocycles. The molecular weight excluding hydrogens is 308 g/mol. The fraction of sp³-hybridized carbons (Fsp3) is 0.286. The predicted octanol–water partition coefficient (Wildman–Crippen LogP) is 2.00. The second-order valence-electron chi connectivity index (χ2n) is 4.76. The van der Waals surface area contributed by atoms with Crippen molar-refractivity contribution in [1.82, 2.24) is 9.88 Å². The number of thiazole rings is 1. The van der Waals surface area contributed by atoms with Gasteiger partial charge in [0.2, 0.25) is 5.91 Å². The number of piperazine rings is 1. The maximum absolute atomic E-state index is 12.2. The minimum Gasteiger partial charge on any atom is -0.375 e. The first-order chi connectivity index (χ1) is 9.72. The highest BCUT2D eigenvalue weighted by Crippen LogP contribution is 2.20. The number of carbonyl (C=O) groups excluding carboxylic acids is 1. The van der Waals surface area contributed by atoms with Crippen molar-refractivity contribution in [3.8, 4) is 0 Å². The molecule has 1 amide bonds. The number of hydrogen-bond acceptors (Lipinski definition) is 5. The molecule has 3 rings (SSSR count). The molecule has 2 heterocycles. The summed E-state index contributed by atoms with van der Waals surface area (Å²) < 4.78 is 0. The van der Waals surface area contributed by atoms with Gasteiger partial charge in [0.15, 0.2) is 5.13 Å². The van der Waals surface area contributed by atoms with Gasteiger partial charge in [0, 0.05) is 36.4 Å². The average Bonchev–Trinajstić information content (AvgIpc) is 2.85. The van der Waals surface area contributed by atoms with E-state index < -0.39 is 0 Å². The number of anilines is 2. The number of nitrogens with zero attached hydrogens (tertiary/aromatic N) is 3. The summed E-state index contributed by atoms with van der Waals surface area (Å²) in [5, 5.41) is 0.578. The summed E-state index contributed by atoms with van der Waals surface area (Å²) in [6.07, 6.45) is 1.79. The molecule has 0 bridgehead atoms. The van der Waals surface area contributed by atoms with Gasteiger partial charge in [-0.2, -0.15) is 0 Å². The van der Waals surface area contributed by atoms with Crippen molar-refractivity contribution in [2.45, 2.75) is 6.54 Å². The van der Waals surface area contributed by atoms with Crippen LogP contribution in [0.3, 0.4) is 0 Å². The van der Waals surface area contributed by atoms with Crippen LogP contribution < -0.4 is 10.6 Å². The maximum Gasteiger partial charge on any atom is 0.241 e. The first-order valence-electron chi connectivity index (χ1n) is 6.50. The van der Waals surface area contributed by atoms with Gasteiger partial charge in [-0.25, -0.2) is 4.98 Å². The molecule has 0 atom stereocenters. The Hall–Kier alpha value is -1.63. The molecule has 112 valence electrons. The first kappa shape index (κ1) is 15.8. The number of halogens is 1. The van der Waals surface area contributed by atoms with Gasteiger partial charge in [-0.1, -0.05) is 18.2 Å². The number of amides is 1. The molecule has 5 nitrogen and oxygen atoms in total. The lowest BCUT2D eigenvalue weighted by Gasteiger charge is -2.34. The van der Waals surface area contributed by atoms with Crippen molar-refractivity contribution in [3.63, 3.8) is 0 Å². The number of nitrogen functional groups attached to an aromatic ring is 1. The minimum atomic E-state index is 0. The molecule has 1 aromatic heterocycles. The van der Waals surface area contributed by atoms with Crippen molar-refractivity contribution >= 4 is 40.5 Å². The van der Waals surface area contributed by atoms with Crippen molar-refractivity contribution in [3.05, 3.63) is 41.4 Å². The lowest BCUT2D eigenvalue weighted by Crippen LogP contribution is -2.50. The molecule has 2 N–H and O–H groups in total. The van der Waals surface area contributed by atoms with Crippen LogP contribution in [0.4, 0.5) is 10.8 Å². The van der Waals surface area contributed by atoms with Gasteiger partial charge in [0.25, 0.3) is 0 Å². The van der Waals surface area contributed by atoms with Crippen LogP contribution in [-0.4, -0.2) is 35.4 Å². The van der Waals surface area contributed by atoms with E-state index in [1.54, 1.807) is 6.20 Å². The van der Waals surface area contributed by atoms with Crippen molar-refractivity contribution < 1.29 is 4.79 Å². The first-order valence-corrected chi connectivity index (χ1v) is 7.32. The number of nitrogens with two attached hydrogens (primary N) is 1. The quantitative estimate of drug-likeness (QED) is 0.938. The van der Waals surface area contributed by atoms with Gasteiger partial charge in [-0.05, 0) is 12.1 Å². The van der Waals surface area contributed by atoms with E-state index in [1.807, 2.05) is 35.2 Å². The molecule has 1 aromatic carbocycles. The van der Waals surface area contributed by atoms with Crippen LogP contribution in [0.15, 0.2) is 36.5 Å². The normalized spacial score (nSPS) is 15.8. The van der Waals surface area contributed by atoms with Crippen LogP contribution in [0.2, 0.25) is 0 Å². The summed E-state index contributed by atoms with van der Waals surface area (Å²) in [6.45, 7) is 2.76. The highest BCUT2D eigenvalue weighted by atomic mass is 35.5. The Morgan fingerprint density at radius 3 is 2.62 bits per heavy atom.